The number of carbonyl (C=O) groups is 1. The number of aliphatic hydroxyl groups excluding tert-OH is 1. The van der Waals surface area contributed by atoms with E-state index in [1.54, 1.807) is 0 Å². The number of hydrogen-bond acceptors (Lipinski definition) is 4. The third-order valence-corrected chi connectivity index (χ3v) is 4.49. The topological polar surface area (TPSA) is 72.5 Å². The number of rotatable bonds is 18. The summed E-state index contributed by atoms with van der Waals surface area (Å²) in [7, 11) is 0. The van der Waals surface area contributed by atoms with Gasteiger partial charge in [0.1, 0.15) is 6.04 Å². The average molecular weight is 344 g/mol. The number of carbonyl (C=O) groups excluding carboxylic acids is 1. The Kier molecular flexibility index (Phi) is 18.2. The largest absolute Gasteiger partial charge is 0.465 e. The molecule has 0 amide bonds. The zero-order valence-electron chi connectivity index (χ0n) is 15.9. The summed E-state index contributed by atoms with van der Waals surface area (Å²) < 4.78 is 5.09. The second-order valence-electron chi connectivity index (χ2n) is 6.88. The lowest BCUT2D eigenvalue weighted by molar-refractivity contribution is -0.145. The highest BCUT2D eigenvalue weighted by molar-refractivity contribution is 5.75. The van der Waals surface area contributed by atoms with E-state index in [2.05, 4.69) is 6.92 Å². The normalized spacial score (nSPS) is 12.3. The van der Waals surface area contributed by atoms with Gasteiger partial charge in [-0.2, -0.15) is 0 Å². The first kappa shape index (κ1) is 23.4. The Balaban J connectivity index is 3.14. The Bertz CT molecular complexity index is 272. The number of aliphatic hydroxyl groups is 1. The molecule has 0 spiro atoms. The van der Waals surface area contributed by atoms with Crippen LogP contribution in [0.5, 0.6) is 0 Å². The molecule has 0 radical (unpaired) electrons. The first-order chi connectivity index (χ1) is 11.7. The summed E-state index contributed by atoms with van der Waals surface area (Å²) in [5.74, 6) is -0.390. The predicted molar refractivity (Wildman–Crippen MR) is 101 cm³/mol. The van der Waals surface area contributed by atoms with E-state index in [4.69, 9.17) is 15.6 Å². The van der Waals surface area contributed by atoms with Crippen LogP contribution in [0, 0.1) is 0 Å². The highest BCUT2D eigenvalue weighted by Crippen LogP contribution is 2.12. The summed E-state index contributed by atoms with van der Waals surface area (Å²) in [5, 5.41) is 8.70. The number of nitrogens with two attached hydrogens (primary N) is 1. The second kappa shape index (κ2) is 18.7. The Morgan fingerprint density at radius 3 is 1.67 bits per heavy atom. The first-order valence-electron chi connectivity index (χ1n) is 10.3. The third kappa shape index (κ3) is 16.3. The fraction of sp³-hybridized carbons (Fsp3) is 0.950. The van der Waals surface area contributed by atoms with Crippen LogP contribution in [0.4, 0.5) is 0 Å². The van der Waals surface area contributed by atoms with Gasteiger partial charge >= 0.3 is 5.97 Å². The van der Waals surface area contributed by atoms with Crippen molar-refractivity contribution in [1.29, 1.82) is 0 Å². The molecule has 0 bridgehead atoms. The van der Waals surface area contributed by atoms with Gasteiger partial charge in [-0.05, 0) is 12.8 Å². The molecule has 0 unspecified atom stereocenters. The van der Waals surface area contributed by atoms with Gasteiger partial charge in [-0.3, -0.25) is 4.79 Å². The molecule has 0 aromatic carbocycles. The van der Waals surface area contributed by atoms with E-state index in [1.165, 1.54) is 77.0 Å². The van der Waals surface area contributed by atoms with E-state index in [0.29, 0.717) is 6.61 Å². The van der Waals surface area contributed by atoms with Crippen LogP contribution in [0.1, 0.15) is 103 Å². The Hall–Kier alpha value is -0.610. The van der Waals surface area contributed by atoms with E-state index in [-0.39, 0.29) is 13.0 Å². The van der Waals surface area contributed by atoms with Crippen molar-refractivity contribution in [3.63, 3.8) is 0 Å². The van der Waals surface area contributed by atoms with Crippen molar-refractivity contribution in [3.05, 3.63) is 0 Å². The van der Waals surface area contributed by atoms with Crippen LogP contribution in [0.2, 0.25) is 0 Å². The molecular formula is C20H41NO3. The minimum absolute atomic E-state index is 0.0743. The van der Waals surface area contributed by atoms with E-state index in [9.17, 15) is 4.79 Å². The van der Waals surface area contributed by atoms with Gasteiger partial charge in [0.15, 0.2) is 0 Å². The SMILES string of the molecule is CCCCCCCCCCCCCCCCOC(=O)[C@@H](N)CCO. The van der Waals surface area contributed by atoms with Crippen LogP contribution >= 0.6 is 0 Å². The van der Waals surface area contributed by atoms with Crippen molar-refractivity contribution in [2.24, 2.45) is 5.73 Å². The van der Waals surface area contributed by atoms with E-state index < -0.39 is 12.0 Å². The van der Waals surface area contributed by atoms with Crippen LogP contribution < -0.4 is 5.73 Å². The van der Waals surface area contributed by atoms with Crippen LogP contribution in [0.3, 0.4) is 0 Å². The summed E-state index contributed by atoms with van der Waals surface area (Å²) >= 11 is 0. The molecule has 144 valence electrons. The molecule has 0 aromatic heterocycles. The second-order valence-corrected chi connectivity index (χ2v) is 6.88. The number of unbranched alkanes of at least 4 members (excludes halogenated alkanes) is 13. The first-order valence-corrected chi connectivity index (χ1v) is 10.3. The van der Waals surface area contributed by atoms with Crippen molar-refractivity contribution in [1.82, 2.24) is 0 Å². The van der Waals surface area contributed by atoms with Gasteiger partial charge < -0.3 is 15.6 Å². The van der Waals surface area contributed by atoms with Crippen LogP contribution in [-0.4, -0.2) is 30.3 Å². The Morgan fingerprint density at radius 1 is 0.833 bits per heavy atom. The molecule has 0 fully saturated rings. The van der Waals surface area contributed by atoms with Crippen LogP contribution in [-0.2, 0) is 9.53 Å². The quantitative estimate of drug-likeness (QED) is 0.279. The molecule has 0 aliphatic rings. The molecule has 0 aromatic rings. The van der Waals surface area contributed by atoms with Gasteiger partial charge in [0, 0.05) is 6.61 Å². The molecule has 0 saturated carbocycles. The summed E-state index contributed by atoms with van der Waals surface area (Å²) in [4.78, 5) is 11.4. The maximum atomic E-state index is 11.4. The standard InChI is InChI=1S/C20H41NO3/c1-2-3-4-5-6-7-8-9-10-11-12-13-14-15-18-24-20(23)19(21)16-17-22/h19,22H,2-18,21H2,1H3/t19-/m0/s1. The van der Waals surface area contributed by atoms with Gasteiger partial charge in [-0.1, -0.05) is 90.4 Å². The number of ether oxygens (including phenoxy) is 1. The van der Waals surface area contributed by atoms with Gasteiger partial charge in [0.25, 0.3) is 0 Å². The summed E-state index contributed by atoms with van der Waals surface area (Å²) in [6, 6.07) is -0.679. The molecule has 4 heteroatoms. The molecule has 4 nitrogen and oxygen atoms in total. The third-order valence-electron chi connectivity index (χ3n) is 4.49. The predicted octanol–water partition coefficient (Wildman–Crippen LogP) is 4.72. The Morgan fingerprint density at radius 2 is 1.25 bits per heavy atom. The van der Waals surface area contributed by atoms with Crippen LogP contribution in [0.25, 0.3) is 0 Å². The van der Waals surface area contributed by atoms with Gasteiger partial charge in [-0.15, -0.1) is 0 Å². The highest BCUT2D eigenvalue weighted by atomic mass is 16.5. The van der Waals surface area contributed by atoms with Crippen molar-refractivity contribution in [2.75, 3.05) is 13.2 Å². The summed E-state index contributed by atoms with van der Waals surface area (Å²) in [6.45, 7) is 2.65. The molecule has 3 N–H and O–H groups in total. The summed E-state index contributed by atoms with van der Waals surface area (Å²) in [5.41, 5.74) is 5.55. The molecule has 24 heavy (non-hydrogen) atoms. The minimum atomic E-state index is -0.679. The maximum Gasteiger partial charge on any atom is 0.322 e. The lowest BCUT2D eigenvalue weighted by Crippen LogP contribution is -2.33. The average Bonchev–Trinajstić information content (AvgIpc) is 2.58. The van der Waals surface area contributed by atoms with E-state index in [1.807, 2.05) is 0 Å². The summed E-state index contributed by atoms with van der Waals surface area (Å²) in [6.07, 6.45) is 18.7. The van der Waals surface area contributed by atoms with Gasteiger partial charge in [0.05, 0.1) is 6.61 Å². The molecule has 0 heterocycles. The zero-order valence-corrected chi connectivity index (χ0v) is 15.9. The fourth-order valence-electron chi connectivity index (χ4n) is 2.83. The monoisotopic (exact) mass is 343 g/mol. The number of esters is 1. The fourth-order valence-corrected chi connectivity index (χ4v) is 2.83. The van der Waals surface area contributed by atoms with Gasteiger partial charge in [-0.25, -0.2) is 0 Å². The molecular weight excluding hydrogens is 302 g/mol. The molecule has 0 aliphatic heterocycles. The molecule has 0 saturated heterocycles. The maximum absolute atomic E-state index is 11.4. The highest BCUT2D eigenvalue weighted by Gasteiger charge is 2.13. The van der Waals surface area contributed by atoms with Gasteiger partial charge in [0.2, 0.25) is 0 Å². The molecule has 1 atom stereocenters. The van der Waals surface area contributed by atoms with Crippen molar-refractivity contribution < 1.29 is 14.6 Å². The zero-order chi connectivity index (χ0) is 17.9. The van der Waals surface area contributed by atoms with E-state index in [0.717, 1.165) is 12.8 Å². The van der Waals surface area contributed by atoms with Crippen molar-refractivity contribution in [3.8, 4) is 0 Å². The van der Waals surface area contributed by atoms with Crippen molar-refractivity contribution in [2.45, 2.75) is 109 Å². The van der Waals surface area contributed by atoms with Crippen LogP contribution in [0.15, 0.2) is 0 Å². The minimum Gasteiger partial charge on any atom is -0.465 e. The van der Waals surface area contributed by atoms with Crippen molar-refractivity contribution >= 4 is 5.97 Å². The number of hydrogen-bond donors (Lipinski definition) is 2. The lowest BCUT2D eigenvalue weighted by Gasteiger charge is -2.09. The molecule has 0 aliphatic carbocycles. The molecule has 0 rings (SSSR count). The Labute approximate surface area is 149 Å². The van der Waals surface area contributed by atoms with E-state index >= 15 is 0 Å². The smallest absolute Gasteiger partial charge is 0.322 e. The lowest BCUT2D eigenvalue weighted by atomic mass is 10.0.